The fourth-order valence-corrected chi connectivity index (χ4v) is 2.87. The molecule has 0 aliphatic rings. The predicted octanol–water partition coefficient (Wildman–Crippen LogP) is 3.11. The lowest BCUT2D eigenvalue weighted by atomic mass is 10.0. The van der Waals surface area contributed by atoms with E-state index >= 15 is 0 Å². The average Bonchev–Trinajstić information content (AvgIpc) is 3.18. The minimum absolute atomic E-state index is 0.159. The number of aromatic amines is 1. The number of anilines is 1. The second kappa shape index (κ2) is 7.85. The van der Waals surface area contributed by atoms with E-state index < -0.39 is 12.1 Å². The van der Waals surface area contributed by atoms with Gasteiger partial charge >= 0.3 is 5.97 Å². The van der Waals surface area contributed by atoms with Gasteiger partial charge in [0.05, 0.1) is 6.33 Å². The first-order valence-corrected chi connectivity index (χ1v) is 8.64. The molecule has 0 aliphatic heterocycles. The van der Waals surface area contributed by atoms with Crippen LogP contribution in [0.1, 0.15) is 23.1 Å². The monoisotopic (exact) mass is 375 g/mol. The molecule has 8 nitrogen and oxygen atoms in total. The molecule has 28 heavy (non-hydrogen) atoms. The number of imidazole rings is 1. The van der Waals surface area contributed by atoms with Crippen LogP contribution in [0.2, 0.25) is 0 Å². The summed E-state index contributed by atoms with van der Waals surface area (Å²) in [5.41, 5.74) is 5.68. The molecule has 2 heterocycles. The van der Waals surface area contributed by atoms with Crippen LogP contribution in [0, 0.1) is 0 Å². The average molecular weight is 375 g/mol. The highest BCUT2D eigenvalue weighted by Gasteiger charge is 2.18. The molecule has 0 unspecified atom stereocenters. The first-order chi connectivity index (χ1) is 13.7. The lowest BCUT2D eigenvalue weighted by Crippen LogP contribution is -2.14. The zero-order chi connectivity index (χ0) is 19.3. The third-order valence-electron chi connectivity index (χ3n) is 4.11. The Kier molecular flexibility index (Phi) is 4.94. The van der Waals surface area contributed by atoms with Crippen LogP contribution in [-0.4, -0.2) is 31.0 Å². The Bertz CT molecular complexity index is 1040. The molecular formula is C20H17N5O3. The van der Waals surface area contributed by atoms with Gasteiger partial charge < -0.3 is 10.1 Å². The van der Waals surface area contributed by atoms with Gasteiger partial charge in [-0.05, 0) is 11.1 Å². The molecular weight excluding hydrogens is 358 g/mol. The van der Waals surface area contributed by atoms with Crippen molar-refractivity contribution in [2.75, 3.05) is 5.48 Å². The standard InChI is InChI=1S/C20H17N5O3/c26-16(27)11-15-23-19-17(21-12-22-19)20(24-15)25-28-18(13-7-3-1-4-8-13)14-9-5-2-6-10-14/h1-10,12,18H,11H2,(H,26,27)(H2,21,22,23,24,25). The summed E-state index contributed by atoms with van der Waals surface area (Å²) in [7, 11) is 0. The molecule has 8 heteroatoms. The molecule has 2 aromatic carbocycles. The number of fused-ring (bicyclic) bond motifs is 1. The Morgan fingerprint density at radius 2 is 1.68 bits per heavy atom. The predicted molar refractivity (Wildman–Crippen MR) is 102 cm³/mol. The molecule has 4 aromatic rings. The minimum Gasteiger partial charge on any atom is -0.481 e. The zero-order valence-electron chi connectivity index (χ0n) is 14.7. The van der Waals surface area contributed by atoms with E-state index in [-0.39, 0.29) is 12.2 Å². The van der Waals surface area contributed by atoms with E-state index in [2.05, 4.69) is 25.4 Å². The van der Waals surface area contributed by atoms with E-state index in [4.69, 9.17) is 9.94 Å². The molecule has 0 bridgehead atoms. The van der Waals surface area contributed by atoms with Crippen molar-refractivity contribution in [3.63, 3.8) is 0 Å². The van der Waals surface area contributed by atoms with Crippen LogP contribution in [0.25, 0.3) is 11.2 Å². The van der Waals surface area contributed by atoms with Crippen molar-refractivity contribution in [2.45, 2.75) is 12.5 Å². The molecule has 2 aromatic heterocycles. The summed E-state index contributed by atoms with van der Waals surface area (Å²) < 4.78 is 0. The highest BCUT2D eigenvalue weighted by atomic mass is 16.7. The largest absolute Gasteiger partial charge is 0.481 e. The normalized spacial score (nSPS) is 11.0. The van der Waals surface area contributed by atoms with Crippen molar-refractivity contribution >= 4 is 23.0 Å². The van der Waals surface area contributed by atoms with Gasteiger partial charge in [0.15, 0.2) is 17.0 Å². The van der Waals surface area contributed by atoms with Gasteiger partial charge in [0.1, 0.15) is 18.3 Å². The smallest absolute Gasteiger partial charge is 0.311 e. The second-order valence-corrected chi connectivity index (χ2v) is 6.08. The molecule has 0 saturated carbocycles. The van der Waals surface area contributed by atoms with Crippen LogP contribution >= 0.6 is 0 Å². The number of carboxylic acids is 1. The molecule has 0 amide bonds. The number of rotatable bonds is 7. The van der Waals surface area contributed by atoms with Crippen LogP contribution in [0.3, 0.4) is 0 Å². The van der Waals surface area contributed by atoms with Crippen molar-refractivity contribution in [1.82, 2.24) is 19.9 Å². The minimum atomic E-state index is -1.02. The molecule has 0 atom stereocenters. The van der Waals surface area contributed by atoms with Crippen molar-refractivity contribution in [1.29, 1.82) is 0 Å². The topological polar surface area (TPSA) is 113 Å². The summed E-state index contributed by atoms with van der Waals surface area (Å²) in [5, 5.41) is 9.04. The van der Waals surface area contributed by atoms with Gasteiger partial charge in [-0.15, -0.1) is 0 Å². The summed E-state index contributed by atoms with van der Waals surface area (Å²) in [6.07, 6.45) is 0.778. The van der Waals surface area contributed by atoms with Gasteiger partial charge in [0, 0.05) is 0 Å². The summed E-state index contributed by atoms with van der Waals surface area (Å²) in [5.74, 6) is -0.553. The molecule has 0 radical (unpaired) electrons. The number of carbonyl (C=O) groups is 1. The fourth-order valence-electron chi connectivity index (χ4n) is 2.87. The lowest BCUT2D eigenvalue weighted by molar-refractivity contribution is -0.136. The van der Waals surface area contributed by atoms with Crippen LogP contribution < -0.4 is 5.48 Å². The zero-order valence-corrected chi connectivity index (χ0v) is 14.7. The second-order valence-electron chi connectivity index (χ2n) is 6.08. The molecule has 140 valence electrons. The number of aromatic nitrogens is 4. The number of H-pyrrole nitrogens is 1. The number of nitrogens with zero attached hydrogens (tertiary/aromatic N) is 3. The van der Waals surface area contributed by atoms with Gasteiger partial charge in [0.2, 0.25) is 0 Å². The molecule has 4 rings (SSSR count). The van der Waals surface area contributed by atoms with E-state index in [1.54, 1.807) is 0 Å². The number of hydrogen-bond acceptors (Lipinski definition) is 6. The highest BCUT2D eigenvalue weighted by molar-refractivity contribution is 5.82. The molecule has 0 spiro atoms. The summed E-state index contributed by atoms with van der Waals surface area (Å²) in [4.78, 5) is 32.5. The first-order valence-electron chi connectivity index (χ1n) is 8.64. The van der Waals surface area contributed by atoms with Gasteiger partial charge in [0.25, 0.3) is 0 Å². The number of nitrogens with one attached hydrogen (secondary N) is 2. The Balaban J connectivity index is 1.66. The Morgan fingerprint density at radius 1 is 1.04 bits per heavy atom. The number of carboxylic acid groups (broad SMARTS) is 1. The molecule has 0 saturated heterocycles. The van der Waals surface area contributed by atoms with Crippen LogP contribution in [-0.2, 0) is 16.1 Å². The van der Waals surface area contributed by atoms with Gasteiger partial charge in [-0.2, -0.15) is 0 Å². The highest BCUT2D eigenvalue weighted by Crippen LogP contribution is 2.27. The van der Waals surface area contributed by atoms with E-state index in [1.165, 1.54) is 6.33 Å². The molecule has 0 fully saturated rings. The first kappa shape index (κ1) is 17.6. The van der Waals surface area contributed by atoms with E-state index in [0.29, 0.717) is 17.0 Å². The van der Waals surface area contributed by atoms with Crippen molar-refractivity contribution in [2.24, 2.45) is 0 Å². The van der Waals surface area contributed by atoms with E-state index in [9.17, 15) is 4.79 Å². The third kappa shape index (κ3) is 3.81. The SMILES string of the molecule is O=C(O)Cc1nc(NOC(c2ccccc2)c2ccccc2)c2nc[nH]c2n1. The number of benzene rings is 2. The van der Waals surface area contributed by atoms with Crippen LogP contribution in [0.5, 0.6) is 0 Å². The molecule has 3 N–H and O–H groups in total. The summed E-state index contributed by atoms with van der Waals surface area (Å²) in [6, 6.07) is 19.5. The maximum atomic E-state index is 11.0. The maximum Gasteiger partial charge on any atom is 0.311 e. The Morgan fingerprint density at radius 3 is 2.29 bits per heavy atom. The van der Waals surface area contributed by atoms with Crippen LogP contribution in [0.15, 0.2) is 67.0 Å². The van der Waals surface area contributed by atoms with E-state index in [1.807, 2.05) is 60.7 Å². The quantitative estimate of drug-likeness (QED) is 0.425. The van der Waals surface area contributed by atoms with Crippen molar-refractivity contribution < 1.29 is 14.7 Å². The number of hydrogen-bond donors (Lipinski definition) is 3. The van der Waals surface area contributed by atoms with E-state index in [0.717, 1.165) is 11.1 Å². The lowest BCUT2D eigenvalue weighted by Gasteiger charge is -2.19. The van der Waals surface area contributed by atoms with Gasteiger partial charge in [-0.25, -0.2) is 20.4 Å². The Hall–Kier alpha value is -3.78. The Labute approximate surface area is 160 Å². The van der Waals surface area contributed by atoms with Crippen LogP contribution in [0.4, 0.5) is 5.82 Å². The fraction of sp³-hybridized carbons (Fsp3) is 0.100. The summed E-state index contributed by atoms with van der Waals surface area (Å²) in [6.45, 7) is 0. The maximum absolute atomic E-state index is 11.0. The van der Waals surface area contributed by atoms with Crippen molar-refractivity contribution in [3.8, 4) is 0 Å². The third-order valence-corrected chi connectivity index (χ3v) is 4.11. The molecule has 0 aliphatic carbocycles. The van der Waals surface area contributed by atoms with Crippen molar-refractivity contribution in [3.05, 3.63) is 83.9 Å². The van der Waals surface area contributed by atoms with Gasteiger partial charge in [-0.1, -0.05) is 60.7 Å². The van der Waals surface area contributed by atoms with Gasteiger partial charge in [-0.3, -0.25) is 9.63 Å². The summed E-state index contributed by atoms with van der Waals surface area (Å²) >= 11 is 0. The number of aliphatic carboxylic acids is 1.